The molecule has 6 heteroatoms. The highest BCUT2D eigenvalue weighted by Gasteiger charge is 2.24. The predicted molar refractivity (Wildman–Crippen MR) is 82.7 cm³/mol. The van der Waals surface area contributed by atoms with Crippen molar-refractivity contribution < 1.29 is 9.59 Å². The molecule has 3 heterocycles. The van der Waals surface area contributed by atoms with E-state index in [1.54, 1.807) is 23.2 Å². The van der Waals surface area contributed by atoms with Gasteiger partial charge in [0, 0.05) is 31.3 Å². The Hall–Kier alpha value is -2.63. The summed E-state index contributed by atoms with van der Waals surface area (Å²) in [5.74, 6) is -0.422. The van der Waals surface area contributed by atoms with Crippen LogP contribution in [-0.2, 0) is 9.59 Å². The summed E-state index contributed by atoms with van der Waals surface area (Å²) < 4.78 is 1.92. The molecule has 0 atom stereocenters. The number of amides is 2. The lowest BCUT2D eigenvalue weighted by molar-refractivity contribution is -0.130. The van der Waals surface area contributed by atoms with E-state index in [0.717, 1.165) is 11.3 Å². The van der Waals surface area contributed by atoms with Crippen molar-refractivity contribution >= 4 is 23.5 Å². The highest BCUT2D eigenvalue weighted by molar-refractivity contribution is 5.91. The molecule has 0 saturated carbocycles. The van der Waals surface area contributed by atoms with Gasteiger partial charge in [-0.1, -0.05) is 6.07 Å². The molecular formula is C16H18N4O2. The minimum atomic E-state index is -0.270. The number of carbonyl (C=O) groups excluding carboxylic acids is 2. The van der Waals surface area contributed by atoms with Crippen LogP contribution in [0.25, 0.3) is 11.7 Å². The number of likely N-dealkylation sites (tertiary alicyclic amines) is 1. The zero-order valence-corrected chi connectivity index (χ0v) is 12.2. The lowest BCUT2D eigenvalue weighted by atomic mass is 9.96. The molecule has 6 nitrogen and oxygen atoms in total. The Labute approximate surface area is 128 Å². The van der Waals surface area contributed by atoms with Crippen molar-refractivity contribution in [2.75, 3.05) is 13.1 Å². The number of imidazole rings is 1. The van der Waals surface area contributed by atoms with Crippen molar-refractivity contribution in [3.05, 3.63) is 42.4 Å². The predicted octanol–water partition coefficient (Wildman–Crippen LogP) is 1.07. The lowest BCUT2D eigenvalue weighted by Crippen LogP contribution is -2.41. The number of nitrogens with zero attached hydrogens (tertiary/aromatic N) is 3. The fraction of sp³-hybridized carbons (Fsp3) is 0.312. The van der Waals surface area contributed by atoms with Crippen LogP contribution in [0.5, 0.6) is 0 Å². The molecule has 2 N–H and O–H groups in total. The van der Waals surface area contributed by atoms with Gasteiger partial charge in [-0.05, 0) is 31.1 Å². The summed E-state index contributed by atoms with van der Waals surface area (Å²) in [6, 6.07) is 5.75. The second kappa shape index (κ2) is 6.01. The minimum absolute atomic E-state index is 0.0474. The topological polar surface area (TPSA) is 80.7 Å². The first-order valence-corrected chi connectivity index (χ1v) is 7.33. The first-order chi connectivity index (χ1) is 10.6. The molecular weight excluding hydrogens is 280 g/mol. The monoisotopic (exact) mass is 298 g/mol. The van der Waals surface area contributed by atoms with Crippen molar-refractivity contribution in [3.8, 4) is 0 Å². The summed E-state index contributed by atoms with van der Waals surface area (Å²) >= 11 is 0. The van der Waals surface area contributed by atoms with Crippen LogP contribution in [0.2, 0.25) is 0 Å². The Morgan fingerprint density at radius 1 is 1.27 bits per heavy atom. The zero-order chi connectivity index (χ0) is 15.5. The second-order valence-corrected chi connectivity index (χ2v) is 5.45. The van der Waals surface area contributed by atoms with Crippen LogP contribution in [0.15, 0.2) is 36.7 Å². The maximum atomic E-state index is 12.2. The Morgan fingerprint density at radius 3 is 2.77 bits per heavy atom. The van der Waals surface area contributed by atoms with Gasteiger partial charge >= 0.3 is 0 Å². The SMILES string of the molecule is NC(=O)C1CCN(C(=O)/C=C/c2cnc3ccccn23)CC1. The zero-order valence-electron chi connectivity index (χ0n) is 12.2. The lowest BCUT2D eigenvalue weighted by Gasteiger charge is -2.29. The van der Waals surface area contributed by atoms with Gasteiger partial charge in [-0.15, -0.1) is 0 Å². The van der Waals surface area contributed by atoms with Gasteiger partial charge in [0.25, 0.3) is 0 Å². The summed E-state index contributed by atoms with van der Waals surface area (Å²) in [6.07, 6.45) is 8.25. The van der Waals surface area contributed by atoms with Crippen LogP contribution in [-0.4, -0.2) is 39.2 Å². The smallest absolute Gasteiger partial charge is 0.246 e. The summed E-state index contributed by atoms with van der Waals surface area (Å²) in [6.45, 7) is 1.15. The van der Waals surface area contributed by atoms with Gasteiger partial charge in [0.05, 0.1) is 11.9 Å². The minimum Gasteiger partial charge on any atom is -0.369 e. The van der Waals surface area contributed by atoms with Gasteiger partial charge in [-0.2, -0.15) is 0 Å². The molecule has 2 aromatic rings. The number of aromatic nitrogens is 2. The van der Waals surface area contributed by atoms with Crippen LogP contribution in [0.4, 0.5) is 0 Å². The number of carbonyl (C=O) groups is 2. The summed E-state index contributed by atoms with van der Waals surface area (Å²) in [5, 5.41) is 0. The quantitative estimate of drug-likeness (QED) is 0.861. The van der Waals surface area contributed by atoms with E-state index in [9.17, 15) is 9.59 Å². The number of hydrogen-bond donors (Lipinski definition) is 1. The highest BCUT2D eigenvalue weighted by Crippen LogP contribution is 2.17. The first kappa shape index (κ1) is 14.3. The van der Waals surface area contributed by atoms with Gasteiger partial charge in [-0.25, -0.2) is 4.98 Å². The molecule has 22 heavy (non-hydrogen) atoms. The maximum absolute atomic E-state index is 12.2. The van der Waals surface area contributed by atoms with E-state index in [-0.39, 0.29) is 17.7 Å². The van der Waals surface area contributed by atoms with Gasteiger partial charge in [0.15, 0.2) is 0 Å². The molecule has 0 aliphatic carbocycles. The molecule has 2 aromatic heterocycles. The maximum Gasteiger partial charge on any atom is 0.246 e. The van der Waals surface area contributed by atoms with Crippen molar-refractivity contribution in [1.82, 2.24) is 14.3 Å². The number of fused-ring (bicyclic) bond motifs is 1. The average molecular weight is 298 g/mol. The van der Waals surface area contributed by atoms with Crippen molar-refractivity contribution in [1.29, 1.82) is 0 Å². The fourth-order valence-electron chi connectivity index (χ4n) is 2.72. The van der Waals surface area contributed by atoms with E-state index in [2.05, 4.69) is 4.98 Å². The van der Waals surface area contributed by atoms with E-state index >= 15 is 0 Å². The number of pyridine rings is 1. The van der Waals surface area contributed by atoms with Gasteiger partial charge in [0.2, 0.25) is 11.8 Å². The van der Waals surface area contributed by atoms with Crippen molar-refractivity contribution in [2.45, 2.75) is 12.8 Å². The van der Waals surface area contributed by atoms with E-state index in [1.165, 1.54) is 0 Å². The second-order valence-electron chi connectivity index (χ2n) is 5.45. The van der Waals surface area contributed by atoms with Crippen LogP contribution < -0.4 is 5.73 Å². The standard InChI is InChI=1S/C16H18N4O2/c17-16(22)12-6-9-19(10-7-12)15(21)5-4-13-11-18-14-3-1-2-8-20(13)14/h1-5,8,11-12H,6-7,9-10H2,(H2,17,22)/b5-4+. The number of nitrogens with two attached hydrogens (primary N) is 1. The largest absolute Gasteiger partial charge is 0.369 e. The van der Waals surface area contributed by atoms with Crippen molar-refractivity contribution in [3.63, 3.8) is 0 Å². The third kappa shape index (κ3) is 2.86. The van der Waals surface area contributed by atoms with E-state index < -0.39 is 0 Å². The molecule has 3 rings (SSSR count). The summed E-state index contributed by atoms with van der Waals surface area (Å²) in [4.78, 5) is 29.4. The third-order valence-electron chi connectivity index (χ3n) is 4.05. The van der Waals surface area contributed by atoms with Crippen LogP contribution in [0.3, 0.4) is 0 Å². The number of primary amides is 1. The number of hydrogen-bond acceptors (Lipinski definition) is 3. The molecule has 2 amide bonds. The van der Waals surface area contributed by atoms with Crippen molar-refractivity contribution in [2.24, 2.45) is 11.7 Å². The van der Waals surface area contributed by atoms with Gasteiger partial charge in [0.1, 0.15) is 5.65 Å². The van der Waals surface area contributed by atoms with Crippen LogP contribution >= 0.6 is 0 Å². The molecule has 0 radical (unpaired) electrons. The van der Waals surface area contributed by atoms with Crippen LogP contribution in [0, 0.1) is 5.92 Å². The molecule has 1 saturated heterocycles. The van der Waals surface area contributed by atoms with E-state index in [1.807, 2.05) is 28.8 Å². The molecule has 0 aromatic carbocycles. The molecule has 1 fully saturated rings. The third-order valence-corrected chi connectivity index (χ3v) is 4.05. The summed E-state index contributed by atoms with van der Waals surface area (Å²) in [7, 11) is 0. The average Bonchev–Trinajstić information content (AvgIpc) is 2.96. The Morgan fingerprint density at radius 2 is 2.05 bits per heavy atom. The molecule has 0 unspecified atom stereocenters. The molecule has 1 aliphatic rings. The molecule has 0 spiro atoms. The summed E-state index contributed by atoms with van der Waals surface area (Å²) in [5.41, 5.74) is 7.00. The number of piperidine rings is 1. The van der Waals surface area contributed by atoms with E-state index in [0.29, 0.717) is 25.9 Å². The van der Waals surface area contributed by atoms with E-state index in [4.69, 9.17) is 5.73 Å². The Balaban J connectivity index is 1.66. The Bertz CT molecular complexity index is 727. The first-order valence-electron chi connectivity index (χ1n) is 7.33. The molecule has 1 aliphatic heterocycles. The van der Waals surface area contributed by atoms with Gasteiger partial charge < -0.3 is 15.0 Å². The number of rotatable bonds is 3. The van der Waals surface area contributed by atoms with Crippen LogP contribution in [0.1, 0.15) is 18.5 Å². The normalized spacial score (nSPS) is 16.5. The molecule has 0 bridgehead atoms. The van der Waals surface area contributed by atoms with Gasteiger partial charge in [-0.3, -0.25) is 9.59 Å². The molecule has 114 valence electrons. The fourth-order valence-corrected chi connectivity index (χ4v) is 2.72. The highest BCUT2D eigenvalue weighted by atomic mass is 16.2. The Kier molecular flexibility index (Phi) is 3.91.